The lowest BCUT2D eigenvalue weighted by molar-refractivity contribution is -0.137. The summed E-state index contributed by atoms with van der Waals surface area (Å²) in [6, 6.07) is 2.58. The maximum atomic E-state index is 12.7. The highest BCUT2D eigenvalue weighted by Crippen LogP contribution is 2.36. The van der Waals surface area contributed by atoms with Gasteiger partial charge in [-0.25, -0.2) is 9.78 Å². The SMILES string of the molecule is Cc1nc(NC[C@H]2CN(C(=O)O)CCO2)nnc1-c1ccc(C(F)(F)F)cc1O. The molecule has 0 saturated carbocycles. The summed E-state index contributed by atoms with van der Waals surface area (Å²) in [5.74, 6) is -0.433. The molecule has 1 aromatic carbocycles. The zero-order valence-corrected chi connectivity index (χ0v) is 15.3. The molecule has 3 rings (SSSR count). The average Bonchev–Trinajstić information content (AvgIpc) is 2.66. The van der Waals surface area contributed by atoms with Gasteiger partial charge in [-0.3, -0.25) is 0 Å². The topological polar surface area (TPSA) is 121 Å². The molecule has 1 fully saturated rings. The Hall–Kier alpha value is -3.15. The standard InChI is InChI=1S/C17H18F3N5O4/c1-9-14(12-3-2-10(6-13(12)26)17(18,19)20)23-24-15(22-9)21-7-11-8-25(16(27)28)4-5-29-11/h2-3,6,11,26H,4-5,7-8H2,1H3,(H,27,28)(H,21,22,24)/t11-/m0/s1. The smallest absolute Gasteiger partial charge is 0.416 e. The molecule has 9 nitrogen and oxygen atoms in total. The number of alkyl halides is 3. The summed E-state index contributed by atoms with van der Waals surface area (Å²) in [4.78, 5) is 16.5. The minimum atomic E-state index is -4.57. The van der Waals surface area contributed by atoms with Crippen molar-refractivity contribution in [1.29, 1.82) is 0 Å². The Balaban J connectivity index is 1.70. The Bertz CT molecular complexity index is 909. The van der Waals surface area contributed by atoms with E-state index in [1.165, 1.54) is 4.90 Å². The number of hydrogen-bond donors (Lipinski definition) is 3. The Kier molecular flexibility index (Phi) is 5.73. The van der Waals surface area contributed by atoms with Crippen molar-refractivity contribution in [3.63, 3.8) is 0 Å². The van der Waals surface area contributed by atoms with Gasteiger partial charge in [0.25, 0.3) is 0 Å². The number of aromatic hydroxyl groups is 1. The molecule has 2 aromatic rings. The number of halogens is 3. The first kappa shape index (κ1) is 20.6. The third-order valence-electron chi connectivity index (χ3n) is 4.34. The van der Waals surface area contributed by atoms with E-state index in [9.17, 15) is 23.1 Å². The van der Waals surface area contributed by atoms with E-state index in [-0.39, 0.29) is 43.0 Å². The van der Waals surface area contributed by atoms with Crippen molar-refractivity contribution < 1.29 is 32.9 Å². The van der Waals surface area contributed by atoms with Crippen LogP contribution in [0.25, 0.3) is 11.3 Å². The van der Waals surface area contributed by atoms with Crippen molar-refractivity contribution in [3.05, 3.63) is 29.5 Å². The van der Waals surface area contributed by atoms with Crippen molar-refractivity contribution >= 4 is 12.0 Å². The lowest BCUT2D eigenvalue weighted by Crippen LogP contribution is -2.47. The number of morpholine rings is 1. The monoisotopic (exact) mass is 413 g/mol. The van der Waals surface area contributed by atoms with E-state index in [4.69, 9.17) is 9.84 Å². The Morgan fingerprint density at radius 3 is 2.76 bits per heavy atom. The summed E-state index contributed by atoms with van der Waals surface area (Å²) in [5, 5.41) is 29.7. The fourth-order valence-electron chi connectivity index (χ4n) is 2.86. The number of hydrogen-bond acceptors (Lipinski definition) is 7. The van der Waals surface area contributed by atoms with Crippen molar-refractivity contribution in [2.24, 2.45) is 0 Å². The van der Waals surface area contributed by atoms with Crippen LogP contribution in [0.4, 0.5) is 23.9 Å². The normalized spacial score (nSPS) is 17.2. The number of nitrogens with zero attached hydrogens (tertiary/aromatic N) is 4. The van der Waals surface area contributed by atoms with Crippen LogP contribution in [0.1, 0.15) is 11.3 Å². The van der Waals surface area contributed by atoms with Gasteiger partial charge < -0.3 is 25.2 Å². The summed E-state index contributed by atoms with van der Waals surface area (Å²) in [5.41, 5.74) is -0.407. The lowest BCUT2D eigenvalue weighted by atomic mass is 10.1. The number of phenolic OH excluding ortho intramolecular Hbond substituents is 1. The van der Waals surface area contributed by atoms with Gasteiger partial charge in [-0.2, -0.15) is 13.2 Å². The highest BCUT2D eigenvalue weighted by atomic mass is 19.4. The molecule has 0 spiro atoms. The number of nitrogens with one attached hydrogen (secondary N) is 1. The van der Waals surface area contributed by atoms with Gasteiger partial charge in [-0.1, -0.05) is 0 Å². The molecule has 3 N–H and O–H groups in total. The number of aryl methyl sites for hydroxylation is 1. The van der Waals surface area contributed by atoms with Crippen LogP contribution in [0.15, 0.2) is 18.2 Å². The van der Waals surface area contributed by atoms with Gasteiger partial charge in [0, 0.05) is 18.7 Å². The Labute approximate surface area is 163 Å². The molecule has 29 heavy (non-hydrogen) atoms. The van der Waals surface area contributed by atoms with Crippen LogP contribution in [0.3, 0.4) is 0 Å². The fourth-order valence-corrected chi connectivity index (χ4v) is 2.86. The summed E-state index contributed by atoms with van der Waals surface area (Å²) in [6.07, 6.45) is -5.98. The van der Waals surface area contributed by atoms with Crippen molar-refractivity contribution in [1.82, 2.24) is 20.1 Å². The van der Waals surface area contributed by atoms with E-state index in [0.717, 1.165) is 12.1 Å². The second kappa shape index (κ2) is 8.07. The number of carbonyl (C=O) groups is 1. The van der Waals surface area contributed by atoms with Crippen molar-refractivity contribution in [2.75, 3.05) is 31.6 Å². The van der Waals surface area contributed by atoms with E-state index in [1.807, 2.05) is 0 Å². The first-order chi connectivity index (χ1) is 13.6. The predicted octanol–water partition coefficient (Wildman–Crippen LogP) is 2.36. The van der Waals surface area contributed by atoms with E-state index >= 15 is 0 Å². The van der Waals surface area contributed by atoms with Gasteiger partial charge >= 0.3 is 12.3 Å². The molecule has 1 amide bonds. The molecule has 0 unspecified atom stereocenters. The molecule has 2 heterocycles. The van der Waals surface area contributed by atoms with Gasteiger partial charge in [0.2, 0.25) is 5.95 Å². The molecule has 0 radical (unpaired) electrons. The first-order valence-corrected chi connectivity index (χ1v) is 8.60. The molecular weight excluding hydrogens is 395 g/mol. The second-order valence-corrected chi connectivity index (χ2v) is 6.40. The Morgan fingerprint density at radius 1 is 1.38 bits per heavy atom. The molecule has 1 saturated heterocycles. The molecule has 1 aliphatic rings. The maximum Gasteiger partial charge on any atom is 0.416 e. The highest BCUT2D eigenvalue weighted by Gasteiger charge is 2.31. The number of anilines is 1. The van der Waals surface area contributed by atoms with Crippen LogP contribution in [0.2, 0.25) is 0 Å². The van der Waals surface area contributed by atoms with Gasteiger partial charge in [0.15, 0.2) is 0 Å². The van der Waals surface area contributed by atoms with Crippen molar-refractivity contribution in [3.8, 4) is 17.0 Å². The number of phenols is 1. The largest absolute Gasteiger partial charge is 0.507 e. The number of carboxylic acid groups (broad SMARTS) is 1. The van der Waals surface area contributed by atoms with Crippen LogP contribution in [0.5, 0.6) is 5.75 Å². The number of aromatic nitrogens is 3. The zero-order valence-electron chi connectivity index (χ0n) is 15.3. The van der Waals surface area contributed by atoms with E-state index in [1.54, 1.807) is 6.92 Å². The predicted molar refractivity (Wildman–Crippen MR) is 94.5 cm³/mol. The van der Waals surface area contributed by atoms with Crippen LogP contribution >= 0.6 is 0 Å². The summed E-state index contributed by atoms with van der Waals surface area (Å²) in [7, 11) is 0. The molecule has 0 aliphatic carbocycles. The average molecular weight is 413 g/mol. The third-order valence-corrected chi connectivity index (χ3v) is 4.34. The third kappa shape index (κ3) is 4.83. The summed E-state index contributed by atoms with van der Waals surface area (Å²) >= 11 is 0. The van der Waals surface area contributed by atoms with E-state index in [0.29, 0.717) is 18.3 Å². The zero-order chi connectivity index (χ0) is 21.2. The van der Waals surface area contributed by atoms with E-state index < -0.39 is 23.6 Å². The molecule has 1 aromatic heterocycles. The van der Waals surface area contributed by atoms with Crippen LogP contribution < -0.4 is 5.32 Å². The highest BCUT2D eigenvalue weighted by molar-refractivity contribution is 5.69. The summed E-state index contributed by atoms with van der Waals surface area (Å²) < 4.78 is 43.7. The molecular formula is C17H18F3N5O4. The number of ether oxygens (including phenoxy) is 1. The van der Waals surface area contributed by atoms with Crippen molar-refractivity contribution in [2.45, 2.75) is 19.2 Å². The molecule has 0 bridgehead atoms. The molecule has 1 aliphatic heterocycles. The van der Waals surface area contributed by atoms with E-state index in [2.05, 4.69) is 20.5 Å². The molecule has 12 heteroatoms. The van der Waals surface area contributed by atoms with Crippen LogP contribution in [-0.4, -0.2) is 68.7 Å². The van der Waals surface area contributed by atoms with Gasteiger partial charge in [-0.05, 0) is 25.1 Å². The van der Waals surface area contributed by atoms with Gasteiger partial charge in [0.05, 0.1) is 30.5 Å². The van der Waals surface area contributed by atoms with Gasteiger partial charge in [-0.15, -0.1) is 10.2 Å². The quantitative estimate of drug-likeness (QED) is 0.699. The summed E-state index contributed by atoms with van der Waals surface area (Å²) in [6.45, 7) is 2.61. The van der Waals surface area contributed by atoms with Crippen LogP contribution in [-0.2, 0) is 10.9 Å². The first-order valence-electron chi connectivity index (χ1n) is 8.60. The van der Waals surface area contributed by atoms with Crippen LogP contribution in [0, 0.1) is 6.92 Å². The number of benzene rings is 1. The number of rotatable bonds is 4. The second-order valence-electron chi connectivity index (χ2n) is 6.40. The Morgan fingerprint density at radius 2 is 2.14 bits per heavy atom. The number of amides is 1. The fraction of sp³-hybridized carbons (Fsp3) is 0.412. The molecule has 156 valence electrons. The molecule has 1 atom stereocenters. The minimum absolute atomic E-state index is 0.0785. The minimum Gasteiger partial charge on any atom is -0.507 e. The lowest BCUT2D eigenvalue weighted by Gasteiger charge is -2.30. The van der Waals surface area contributed by atoms with Gasteiger partial charge in [0.1, 0.15) is 11.4 Å². The maximum absolute atomic E-state index is 12.7.